The SMILES string of the molecule is Brc1c(Br)c(Br)c2c(c1Br)C(Br)(Br)c1ccccc1C2(Br)Br. The lowest BCUT2D eigenvalue weighted by molar-refractivity contribution is 0.912. The molecule has 0 radical (unpaired) electrons. The lowest BCUT2D eigenvalue weighted by atomic mass is 9.85. The Morgan fingerprint density at radius 2 is 0.864 bits per heavy atom. The molecule has 0 aliphatic heterocycles. The van der Waals surface area contributed by atoms with Crippen LogP contribution in [-0.4, -0.2) is 0 Å². The topological polar surface area (TPSA) is 0 Å². The Bertz CT molecular complexity index is 728. The molecule has 0 N–H and O–H groups in total. The van der Waals surface area contributed by atoms with E-state index in [2.05, 4.69) is 140 Å². The quantitative estimate of drug-likeness (QED) is 0.142. The van der Waals surface area contributed by atoms with E-state index in [1.807, 2.05) is 12.1 Å². The number of fused-ring (bicyclic) bond motifs is 2. The van der Waals surface area contributed by atoms with Crippen LogP contribution in [0.3, 0.4) is 0 Å². The molecule has 0 amide bonds. The molecular weight excluding hydrogens is 807 g/mol. The predicted octanol–water partition coefficient (Wildman–Crippen LogP) is 9.03. The van der Waals surface area contributed by atoms with Crippen LogP contribution in [0.2, 0.25) is 0 Å². The summed E-state index contributed by atoms with van der Waals surface area (Å²) in [6.45, 7) is 0. The number of hydrogen-bond acceptors (Lipinski definition) is 0. The number of rotatable bonds is 0. The largest absolute Gasteiger partial charge is 0.132 e. The van der Waals surface area contributed by atoms with E-state index in [0.717, 1.165) is 40.1 Å². The minimum atomic E-state index is -0.498. The zero-order valence-corrected chi connectivity index (χ0v) is 23.0. The Labute approximate surface area is 195 Å². The van der Waals surface area contributed by atoms with Crippen LogP contribution >= 0.6 is 127 Å². The van der Waals surface area contributed by atoms with Crippen molar-refractivity contribution in [3.8, 4) is 0 Å². The number of hydrogen-bond donors (Lipinski definition) is 0. The molecule has 0 heterocycles. The van der Waals surface area contributed by atoms with Gasteiger partial charge in [0.25, 0.3) is 0 Å². The molecule has 8 heteroatoms. The van der Waals surface area contributed by atoms with Crippen LogP contribution in [0, 0.1) is 0 Å². The van der Waals surface area contributed by atoms with Crippen LogP contribution in [0.4, 0.5) is 0 Å². The molecule has 1 aliphatic rings. The summed E-state index contributed by atoms with van der Waals surface area (Å²) in [5.41, 5.74) is 4.44. The molecule has 0 bridgehead atoms. The molecule has 0 unspecified atom stereocenters. The fourth-order valence-corrected chi connectivity index (χ4v) is 9.27. The van der Waals surface area contributed by atoms with Gasteiger partial charge in [-0.3, -0.25) is 0 Å². The molecule has 0 atom stereocenters. The Kier molecular flexibility index (Phi) is 5.60. The van der Waals surface area contributed by atoms with Crippen molar-refractivity contribution >= 4 is 127 Å². The average Bonchev–Trinajstić information content (AvgIpc) is 2.47. The monoisotopic (exact) mass is 803 g/mol. The first-order valence-electron chi connectivity index (χ1n) is 5.84. The van der Waals surface area contributed by atoms with Crippen molar-refractivity contribution in [2.75, 3.05) is 0 Å². The van der Waals surface area contributed by atoms with Gasteiger partial charge in [-0.05, 0) is 74.8 Å². The van der Waals surface area contributed by atoms with Gasteiger partial charge in [0.1, 0.15) is 6.47 Å². The maximum atomic E-state index is 3.87. The third-order valence-corrected chi connectivity index (χ3v) is 11.6. The van der Waals surface area contributed by atoms with Crippen LogP contribution in [-0.2, 0) is 6.47 Å². The Hall–Kier alpha value is 2.28. The molecule has 0 saturated carbocycles. The van der Waals surface area contributed by atoms with E-state index in [0.29, 0.717) is 0 Å². The molecule has 1 aliphatic carbocycles. The first kappa shape index (κ1) is 19.1. The van der Waals surface area contributed by atoms with Crippen LogP contribution in [0.15, 0.2) is 42.2 Å². The van der Waals surface area contributed by atoms with E-state index in [9.17, 15) is 0 Å². The first-order valence-corrected chi connectivity index (χ1v) is 12.2. The predicted molar refractivity (Wildman–Crippen MR) is 121 cm³/mol. The van der Waals surface area contributed by atoms with Gasteiger partial charge in [0.2, 0.25) is 0 Å². The van der Waals surface area contributed by atoms with E-state index in [1.165, 1.54) is 0 Å². The lowest BCUT2D eigenvalue weighted by Gasteiger charge is -2.41. The van der Waals surface area contributed by atoms with Crippen LogP contribution in [0.5, 0.6) is 0 Å². The zero-order valence-electron chi connectivity index (χ0n) is 10.3. The van der Waals surface area contributed by atoms with Crippen molar-refractivity contribution in [1.82, 2.24) is 0 Å². The summed E-state index contributed by atoms with van der Waals surface area (Å²) in [6, 6.07) is 8.28. The highest BCUT2D eigenvalue weighted by Crippen LogP contribution is 2.65. The van der Waals surface area contributed by atoms with Crippen LogP contribution in [0.1, 0.15) is 22.3 Å². The average molecular weight is 811 g/mol. The van der Waals surface area contributed by atoms with Crippen molar-refractivity contribution in [3.05, 3.63) is 64.4 Å². The minimum absolute atomic E-state index is 0.498. The molecule has 0 saturated heterocycles. The third-order valence-electron chi connectivity index (χ3n) is 3.50. The maximum Gasteiger partial charge on any atom is 0.132 e. The number of halogens is 8. The molecule has 0 fully saturated rings. The highest BCUT2D eigenvalue weighted by Gasteiger charge is 2.49. The summed E-state index contributed by atoms with van der Waals surface area (Å²) < 4.78 is 2.87. The third kappa shape index (κ3) is 2.69. The molecule has 0 aromatic heterocycles. The van der Waals surface area contributed by atoms with Crippen molar-refractivity contribution < 1.29 is 0 Å². The minimum Gasteiger partial charge on any atom is -0.0620 e. The fourth-order valence-electron chi connectivity index (χ4n) is 2.52. The fraction of sp³-hybridized carbons (Fsp3) is 0.143. The van der Waals surface area contributed by atoms with Gasteiger partial charge in [-0.1, -0.05) is 88.0 Å². The zero-order chi connectivity index (χ0) is 16.4. The summed E-state index contributed by atoms with van der Waals surface area (Å²) in [7, 11) is 0. The molecule has 3 rings (SSSR count). The summed E-state index contributed by atoms with van der Waals surface area (Å²) >= 11 is 30.2. The normalized spacial score (nSPS) is 17.8. The molecule has 22 heavy (non-hydrogen) atoms. The second-order valence-corrected chi connectivity index (χ2v) is 14.8. The lowest BCUT2D eigenvalue weighted by Crippen LogP contribution is -2.31. The van der Waals surface area contributed by atoms with Gasteiger partial charge in [-0.15, -0.1) is 0 Å². The standard InChI is InChI=1S/C14H4Br8/c15-9-7-8(10(16)12(18)11(9)17)14(21,22)6-4-2-1-3-5(6)13(7,19)20/h1-4H. The number of benzene rings is 2. The molecular formula is C14H4Br8. The summed E-state index contributed by atoms with van der Waals surface area (Å²) in [4.78, 5) is 0. The Balaban J connectivity index is 2.54. The molecule has 0 spiro atoms. The maximum absolute atomic E-state index is 3.87. The van der Waals surface area contributed by atoms with Crippen molar-refractivity contribution in [3.63, 3.8) is 0 Å². The summed E-state index contributed by atoms with van der Waals surface area (Å²) in [6.07, 6.45) is 0. The van der Waals surface area contributed by atoms with Crippen molar-refractivity contribution in [2.24, 2.45) is 0 Å². The summed E-state index contributed by atoms with van der Waals surface area (Å²) in [5.74, 6) is 0. The van der Waals surface area contributed by atoms with Crippen molar-refractivity contribution in [1.29, 1.82) is 0 Å². The van der Waals surface area contributed by atoms with E-state index in [1.54, 1.807) is 0 Å². The van der Waals surface area contributed by atoms with E-state index in [4.69, 9.17) is 0 Å². The van der Waals surface area contributed by atoms with Gasteiger partial charge in [-0.25, -0.2) is 0 Å². The first-order chi connectivity index (χ1) is 10.1. The van der Waals surface area contributed by atoms with E-state index < -0.39 is 6.47 Å². The smallest absolute Gasteiger partial charge is 0.0620 e. The van der Waals surface area contributed by atoms with Gasteiger partial charge < -0.3 is 0 Å². The highest BCUT2D eigenvalue weighted by atomic mass is 79.9. The molecule has 2 aromatic rings. The van der Waals surface area contributed by atoms with Gasteiger partial charge in [0, 0.05) is 29.0 Å². The van der Waals surface area contributed by atoms with Gasteiger partial charge in [0.05, 0.1) is 0 Å². The molecule has 116 valence electrons. The molecule has 2 aromatic carbocycles. The second-order valence-electron chi connectivity index (χ2n) is 4.70. The van der Waals surface area contributed by atoms with Gasteiger partial charge in [0.15, 0.2) is 0 Å². The summed E-state index contributed by atoms with van der Waals surface area (Å²) in [5, 5.41) is 0. The second kappa shape index (κ2) is 6.46. The Morgan fingerprint density at radius 3 is 1.18 bits per heavy atom. The van der Waals surface area contributed by atoms with E-state index in [-0.39, 0.29) is 0 Å². The highest BCUT2D eigenvalue weighted by molar-refractivity contribution is 9.25. The van der Waals surface area contributed by atoms with Crippen LogP contribution in [0.25, 0.3) is 0 Å². The van der Waals surface area contributed by atoms with Crippen molar-refractivity contribution in [2.45, 2.75) is 6.47 Å². The van der Waals surface area contributed by atoms with E-state index >= 15 is 0 Å². The van der Waals surface area contributed by atoms with Gasteiger partial charge >= 0.3 is 0 Å². The van der Waals surface area contributed by atoms with Crippen LogP contribution < -0.4 is 0 Å². The van der Waals surface area contributed by atoms with Gasteiger partial charge in [-0.2, -0.15) is 0 Å². The molecule has 0 nitrogen and oxygen atoms in total. The Morgan fingerprint density at radius 1 is 0.545 bits per heavy atom. The number of alkyl halides is 4.